The van der Waals surface area contributed by atoms with Crippen molar-refractivity contribution in [1.82, 2.24) is 15.5 Å². The van der Waals surface area contributed by atoms with Gasteiger partial charge in [0.1, 0.15) is 6.10 Å². The van der Waals surface area contributed by atoms with Crippen molar-refractivity contribution in [2.75, 3.05) is 13.2 Å². The van der Waals surface area contributed by atoms with Crippen LogP contribution >= 0.6 is 0 Å². The summed E-state index contributed by atoms with van der Waals surface area (Å²) in [6.45, 7) is 0.672. The van der Waals surface area contributed by atoms with Gasteiger partial charge in [-0.1, -0.05) is 0 Å². The molecule has 0 bridgehead atoms. The number of nitrogens with one attached hydrogen (secondary N) is 2. The molecule has 1 saturated carbocycles. The van der Waals surface area contributed by atoms with Crippen molar-refractivity contribution in [3.8, 4) is 5.75 Å². The van der Waals surface area contributed by atoms with Gasteiger partial charge in [0.2, 0.25) is 0 Å². The highest BCUT2D eigenvalue weighted by Crippen LogP contribution is 2.29. The van der Waals surface area contributed by atoms with Gasteiger partial charge in [-0.05, 0) is 24.8 Å². The molecule has 0 spiro atoms. The first-order valence-corrected chi connectivity index (χ1v) is 6.65. The Balaban J connectivity index is 1.59. The van der Waals surface area contributed by atoms with Gasteiger partial charge >= 0.3 is 0 Å². The normalized spacial score (nSPS) is 25.1. The van der Waals surface area contributed by atoms with Gasteiger partial charge in [-0.2, -0.15) is 5.10 Å². The Morgan fingerprint density at radius 1 is 1.50 bits per heavy atom. The van der Waals surface area contributed by atoms with Crippen LogP contribution in [-0.4, -0.2) is 41.5 Å². The molecule has 1 aromatic heterocycles. The summed E-state index contributed by atoms with van der Waals surface area (Å²) in [5.41, 5.74) is 0.605. The second-order valence-electron chi connectivity index (χ2n) is 4.98. The van der Waals surface area contributed by atoms with Crippen LogP contribution in [0.25, 0.3) is 0 Å². The molecule has 20 heavy (non-hydrogen) atoms. The quantitative estimate of drug-likeness (QED) is 0.810. The maximum Gasteiger partial charge on any atom is 0.280 e. The minimum atomic E-state index is -0.670. The number of carbonyl (C=O) groups is 1. The van der Waals surface area contributed by atoms with Crippen LogP contribution < -0.4 is 10.1 Å². The molecule has 2 N–H and O–H groups in total. The number of rotatable bonds is 4. The Kier molecular flexibility index (Phi) is 3.68. The molecule has 1 amide bonds. The number of ether oxygens (including phenoxy) is 2. The van der Waals surface area contributed by atoms with Crippen LogP contribution in [0.3, 0.4) is 0 Å². The van der Waals surface area contributed by atoms with Crippen LogP contribution in [0.15, 0.2) is 23.8 Å². The van der Waals surface area contributed by atoms with Crippen LogP contribution in [0, 0.1) is 0 Å². The van der Waals surface area contributed by atoms with Crippen molar-refractivity contribution in [1.29, 1.82) is 0 Å². The maximum atomic E-state index is 13.8. The average Bonchev–Trinajstić information content (AvgIpc) is 3.00. The molecule has 6 nitrogen and oxygen atoms in total. The van der Waals surface area contributed by atoms with E-state index in [2.05, 4.69) is 15.5 Å². The van der Waals surface area contributed by atoms with Gasteiger partial charge in [0.25, 0.3) is 5.91 Å². The molecular formula is C13H16FN3O3. The van der Waals surface area contributed by atoms with Crippen molar-refractivity contribution in [2.24, 2.45) is 0 Å². The standard InChI is InChI=1S/C13H16FN3O3/c14-12(8-2-1-3-8)13(18)17-10-6-19-7-11(10)20-9-4-15-16-5-9/h4-5,10-11H,1-3,6-7H2,(H,15,16)(H,17,18)/t10-,11+/m0/s1. The summed E-state index contributed by atoms with van der Waals surface area (Å²) in [5, 5.41) is 9.05. The van der Waals surface area contributed by atoms with Crippen molar-refractivity contribution in [2.45, 2.75) is 31.4 Å². The summed E-state index contributed by atoms with van der Waals surface area (Å²) in [7, 11) is 0. The smallest absolute Gasteiger partial charge is 0.280 e. The lowest BCUT2D eigenvalue weighted by Gasteiger charge is -2.21. The first-order valence-electron chi connectivity index (χ1n) is 6.65. The SMILES string of the molecule is O=C(N[C@H]1COC[C@H]1Oc1cn[nH]c1)C(F)=C1CCC1. The fourth-order valence-corrected chi connectivity index (χ4v) is 2.23. The number of aromatic amines is 1. The van der Waals surface area contributed by atoms with E-state index < -0.39 is 11.7 Å². The first-order chi connectivity index (χ1) is 9.74. The third kappa shape index (κ3) is 2.67. The van der Waals surface area contributed by atoms with E-state index in [4.69, 9.17) is 9.47 Å². The van der Waals surface area contributed by atoms with E-state index in [0.717, 1.165) is 6.42 Å². The third-order valence-corrected chi connectivity index (χ3v) is 3.57. The topological polar surface area (TPSA) is 76.2 Å². The van der Waals surface area contributed by atoms with Gasteiger partial charge in [0.05, 0.1) is 31.6 Å². The Labute approximate surface area is 115 Å². The number of halogens is 1. The molecule has 1 aromatic rings. The second kappa shape index (κ2) is 5.62. The summed E-state index contributed by atoms with van der Waals surface area (Å²) >= 11 is 0. The zero-order valence-electron chi connectivity index (χ0n) is 10.9. The number of carbonyl (C=O) groups excluding carboxylic acids is 1. The average molecular weight is 281 g/mol. The Bertz CT molecular complexity index is 509. The van der Waals surface area contributed by atoms with Crippen molar-refractivity contribution < 1.29 is 18.7 Å². The minimum Gasteiger partial charge on any atom is -0.482 e. The molecule has 1 aliphatic carbocycles. The van der Waals surface area contributed by atoms with E-state index in [1.54, 1.807) is 6.20 Å². The van der Waals surface area contributed by atoms with E-state index in [1.807, 2.05) is 0 Å². The molecule has 2 aliphatic rings. The van der Waals surface area contributed by atoms with Gasteiger partial charge in [-0.3, -0.25) is 9.89 Å². The van der Waals surface area contributed by atoms with Crippen molar-refractivity contribution in [3.05, 3.63) is 23.8 Å². The van der Waals surface area contributed by atoms with Crippen LogP contribution in [0.1, 0.15) is 19.3 Å². The summed E-state index contributed by atoms with van der Waals surface area (Å²) in [6, 6.07) is -0.358. The minimum absolute atomic E-state index is 0.316. The van der Waals surface area contributed by atoms with E-state index in [0.29, 0.717) is 37.4 Å². The van der Waals surface area contributed by atoms with Gasteiger partial charge in [-0.25, -0.2) is 4.39 Å². The summed E-state index contributed by atoms with van der Waals surface area (Å²) in [5.74, 6) is -0.751. The lowest BCUT2D eigenvalue weighted by molar-refractivity contribution is -0.120. The van der Waals surface area contributed by atoms with Crippen LogP contribution in [0.4, 0.5) is 4.39 Å². The largest absolute Gasteiger partial charge is 0.482 e. The second-order valence-corrected chi connectivity index (χ2v) is 4.98. The fraction of sp³-hybridized carbons (Fsp3) is 0.538. The molecule has 7 heteroatoms. The number of H-pyrrole nitrogens is 1. The van der Waals surface area contributed by atoms with Crippen molar-refractivity contribution >= 4 is 5.91 Å². The van der Waals surface area contributed by atoms with E-state index in [9.17, 15) is 9.18 Å². The van der Waals surface area contributed by atoms with E-state index in [1.165, 1.54) is 6.20 Å². The summed E-state index contributed by atoms with van der Waals surface area (Å²) in [6.07, 6.45) is 5.11. The molecule has 0 unspecified atom stereocenters. The van der Waals surface area contributed by atoms with E-state index >= 15 is 0 Å². The number of aromatic nitrogens is 2. The zero-order valence-corrected chi connectivity index (χ0v) is 10.9. The highest BCUT2D eigenvalue weighted by atomic mass is 19.1. The maximum absolute atomic E-state index is 13.8. The summed E-state index contributed by atoms with van der Waals surface area (Å²) < 4.78 is 24.7. The monoisotopic (exact) mass is 281 g/mol. The molecule has 2 atom stereocenters. The molecule has 2 fully saturated rings. The van der Waals surface area contributed by atoms with Crippen molar-refractivity contribution in [3.63, 3.8) is 0 Å². The molecule has 108 valence electrons. The fourth-order valence-electron chi connectivity index (χ4n) is 2.23. The Morgan fingerprint density at radius 3 is 3.00 bits per heavy atom. The number of amides is 1. The number of allylic oxidation sites excluding steroid dienone is 1. The van der Waals surface area contributed by atoms with E-state index in [-0.39, 0.29) is 12.1 Å². The number of hydrogen-bond donors (Lipinski definition) is 2. The predicted octanol–water partition coefficient (Wildman–Crippen LogP) is 1.08. The Morgan fingerprint density at radius 2 is 2.35 bits per heavy atom. The predicted molar refractivity (Wildman–Crippen MR) is 67.7 cm³/mol. The lowest BCUT2D eigenvalue weighted by Crippen LogP contribution is -2.45. The highest BCUT2D eigenvalue weighted by molar-refractivity contribution is 5.92. The zero-order chi connectivity index (χ0) is 13.9. The number of nitrogens with zero attached hydrogens (tertiary/aromatic N) is 1. The third-order valence-electron chi connectivity index (χ3n) is 3.57. The van der Waals surface area contributed by atoms with Crippen LogP contribution in [0.2, 0.25) is 0 Å². The van der Waals surface area contributed by atoms with Gasteiger partial charge in [0.15, 0.2) is 11.6 Å². The molecule has 3 rings (SSSR count). The van der Waals surface area contributed by atoms with Gasteiger partial charge < -0.3 is 14.8 Å². The molecule has 0 aromatic carbocycles. The van der Waals surface area contributed by atoms with Gasteiger partial charge in [0, 0.05) is 0 Å². The molecule has 2 heterocycles. The molecule has 1 saturated heterocycles. The van der Waals surface area contributed by atoms with Crippen LogP contribution in [-0.2, 0) is 9.53 Å². The lowest BCUT2D eigenvalue weighted by atomic mass is 9.91. The highest BCUT2D eigenvalue weighted by Gasteiger charge is 2.33. The summed E-state index contributed by atoms with van der Waals surface area (Å²) in [4.78, 5) is 11.8. The van der Waals surface area contributed by atoms with Gasteiger partial charge in [-0.15, -0.1) is 0 Å². The molecule has 1 aliphatic heterocycles. The molecular weight excluding hydrogens is 265 g/mol. The first kappa shape index (κ1) is 13.1. The number of hydrogen-bond acceptors (Lipinski definition) is 4. The van der Waals surface area contributed by atoms with Crippen LogP contribution in [0.5, 0.6) is 5.75 Å². The Hall–Kier alpha value is -1.89. The molecule has 0 radical (unpaired) electrons.